The highest BCUT2D eigenvalue weighted by atomic mass is 32.1. The lowest BCUT2D eigenvalue weighted by atomic mass is 10.1. The average molecular weight is 478 g/mol. The number of nitrogens with zero attached hydrogens (tertiary/aromatic N) is 3. The van der Waals surface area contributed by atoms with E-state index in [1.165, 1.54) is 11.3 Å². The molecule has 12 heteroatoms. The quantitative estimate of drug-likeness (QED) is 0.571. The molecule has 2 aliphatic heterocycles. The van der Waals surface area contributed by atoms with Crippen molar-refractivity contribution < 1.29 is 28.5 Å². The number of rotatable bonds is 7. The van der Waals surface area contributed by atoms with Crippen LogP contribution in [-0.4, -0.2) is 80.0 Å². The van der Waals surface area contributed by atoms with Crippen LogP contribution in [0, 0.1) is 6.92 Å². The molecule has 0 saturated carbocycles. The molecule has 2 aliphatic rings. The smallest absolute Gasteiger partial charge is 0.426 e. The van der Waals surface area contributed by atoms with Gasteiger partial charge in [-0.1, -0.05) is 0 Å². The van der Waals surface area contributed by atoms with Gasteiger partial charge in [-0.05, 0) is 24.6 Å². The average Bonchev–Trinajstić information content (AvgIpc) is 3.47. The van der Waals surface area contributed by atoms with Crippen molar-refractivity contribution in [1.82, 2.24) is 25.6 Å². The first-order valence-electron chi connectivity index (χ1n) is 10.6. The van der Waals surface area contributed by atoms with Gasteiger partial charge in [-0.3, -0.25) is 20.0 Å². The molecule has 0 unspecified atom stereocenters. The van der Waals surface area contributed by atoms with E-state index < -0.39 is 12.0 Å². The van der Waals surface area contributed by atoms with E-state index in [9.17, 15) is 9.59 Å². The van der Waals surface area contributed by atoms with Gasteiger partial charge in [0.05, 0.1) is 12.1 Å². The van der Waals surface area contributed by atoms with Crippen molar-refractivity contribution in [1.29, 1.82) is 0 Å². The maximum atomic E-state index is 11.9. The molecule has 178 valence electrons. The topological polar surface area (TPSA) is 114 Å². The first-order chi connectivity index (χ1) is 16.0. The molecule has 0 atom stereocenters. The van der Waals surface area contributed by atoms with E-state index in [2.05, 4.69) is 25.6 Å². The molecule has 4 rings (SSSR count). The number of ether oxygens (including phenoxy) is 4. The number of thiazole rings is 1. The minimum atomic E-state index is -0.703. The Kier molecular flexibility index (Phi) is 7.47. The molecule has 0 spiro atoms. The van der Waals surface area contributed by atoms with E-state index in [-0.39, 0.29) is 19.1 Å². The summed E-state index contributed by atoms with van der Waals surface area (Å²) in [5.41, 5.74) is 5.89. The number of benzene rings is 1. The van der Waals surface area contributed by atoms with Crippen LogP contribution in [0.2, 0.25) is 0 Å². The van der Waals surface area contributed by atoms with Crippen LogP contribution in [0.1, 0.15) is 21.1 Å². The molecule has 1 aromatic heterocycles. The Morgan fingerprint density at radius 3 is 2.67 bits per heavy atom. The molecule has 1 saturated heterocycles. The zero-order valence-corrected chi connectivity index (χ0v) is 19.4. The minimum absolute atomic E-state index is 0.214. The molecule has 3 heterocycles. The molecular formula is C21H27N5O6S. The monoisotopic (exact) mass is 477 g/mol. The second kappa shape index (κ2) is 10.7. The number of methoxy groups -OCH3 is 1. The fraction of sp³-hybridized carbons (Fsp3) is 0.476. The maximum Gasteiger partial charge on any atom is 0.426 e. The Labute approximate surface area is 195 Å². The highest BCUT2D eigenvalue weighted by Crippen LogP contribution is 2.42. The molecule has 2 N–H and O–H groups in total. The zero-order valence-electron chi connectivity index (χ0n) is 18.6. The van der Waals surface area contributed by atoms with Crippen LogP contribution in [0.4, 0.5) is 4.79 Å². The molecule has 33 heavy (non-hydrogen) atoms. The van der Waals surface area contributed by atoms with Crippen molar-refractivity contribution in [3.63, 3.8) is 0 Å². The summed E-state index contributed by atoms with van der Waals surface area (Å²) in [4.78, 5) is 32.3. The normalized spacial score (nSPS) is 15.8. The summed E-state index contributed by atoms with van der Waals surface area (Å²) >= 11 is 1.36. The number of aryl methyl sites for hydroxylation is 1. The number of hydrogen-bond donors (Lipinski definition) is 2. The standard InChI is InChI=1S/C21H27N5O6S/c1-14-22-16(12-33-14)20(27)23-24-21(28)30-8-7-25-3-5-26(6-4-25)11-15-9-17(29-2)19-18(10-15)31-13-32-19/h9-10,12H,3-8,11,13H2,1-2H3,(H,23,27)(H,24,28). The second-order valence-corrected chi connectivity index (χ2v) is 8.68. The molecular weight excluding hydrogens is 450 g/mol. The number of carbonyl (C=O) groups excluding carboxylic acids is 2. The molecule has 0 aliphatic carbocycles. The number of fused-ring (bicyclic) bond motifs is 1. The van der Waals surface area contributed by atoms with Gasteiger partial charge in [-0.15, -0.1) is 11.3 Å². The van der Waals surface area contributed by atoms with E-state index in [4.69, 9.17) is 18.9 Å². The molecule has 2 aromatic rings. The fourth-order valence-corrected chi connectivity index (χ4v) is 4.24. The van der Waals surface area contributed by atoms with Gasteiger partial charge in [-0.25, -0.2) is 15.2 Å². The van der Waals surface area contributed by atoms with Crippen LogP contribution in [0.25, 0.3) is 0 Å². The number of hydrazine groups is 1. The Balaban J connectivity index is 1.13. The van der Waals surface area contributed by atoms with Crippen LogP contribution in [0.5, 0.6) is 17.2 Å². The molecule has 0 radical (unpaired) electrons. The summed E-state index contributed by atoms with van der Waals surface area (Å²) in [5.74, 6) is 1.59. The van der Waals surface area contributed by atoms with Crippen LogP contribution in [0.15, 0.2) is 17.5 Å². The Bertz CT molecular complexity index is 992. The third-order valence-corrected chi connectivity index (χ3v) is 6.13. The predicted molar refractivity (Wildman–Crippen MR) is 120 cm³/mol. The Morgan fingerprint density at radius 1 is 1.15 bits per heavy atom. The number of amides is 2. The number of aromatic nitrogens is 1. The summed E-state index contributed by atoms with van der Waals surface area (Å²) in [6, 6.07) is 3.98. The van der Waals surface area contributed by atoms with Gasteiger partial charge in [0.15, 0.2) is 11.5 Å². The molecule has 0 bridgehead atoms. The Hall–Kier alpha value is -3.09. The highest BCUT2D eigenvalue weighted by molar-refractivity contribution is 7.09. The van der Waals surface area contributed by atoms with Gasteiger partial charge < -0.3 is 18.9 Å². The largest absolute Gasteiger partial charge is 0.493 e. The van der Waals surface area contributed by atoms with Crippen molar-refractivity contribution in [3.05, 3.63) is 33.8 Å². The van der Waals surface area contributed by atoms with Gasteiger partial charge in [0, 0.05) is 44.6 Å². The fourth-order valence-electron chi connectivity index (χ4n) is 3.65. The summed E-state index contributed by atoms with van der Waals surface area (Å²) in [7, 11) is 1.62. The minimum Gasteiger partial charge on any atom is -0.493 e. The van der Waals surface area contributed by atoms with Crippen molar-refractivity contribution in [3.8, 4) is 17.2 Å². The summed E-state index contributed by atoms with van der Waals surface area (Å²) in [6.45, 7) is 7.19. The summed E-state index contributed by atoms with van der Waals surface area (Å²) in [5, 5.41) is 2.40. The number of hydrogen-bond acceptors (Lipinski definition) is 10. The SMILES string of the molecule is COc1cc(CN2CCN(CCOC(=O)NNC(=O)c3csc(C)n3)CC2)cc2c1OCO2. The first kappa shape index (κ1) is 23.1. The van der Waals surface area contributed by atoms with Gasteiger partial charge in [-0.2, -0.15) is 0 Å². The van der Waals surface area contributed by atoms with Crippen LogP contribution in [0.3, 0.4) is 0 Å². The van der Waals surface area contributed by atoms with Crippen molar-refractivity contribution >= 4 is 23.3 Å². The van der Waals surface area contributed by atoms with E-state index in [0.29, 0.717) is 18.0 Å². The molecule has 1 aromatic carbocycles. The van der Waals surface area contributed by atoms with Gasteiger partial charge in [0.1, 0.15) is 12.3 Å². The number of nitrogens with one attached hydrogen (secondary N) is 2. The Morgan fingerprint density at radius 2 is 1.94 bits per heavy atom. The zero-order chi connectivity index (χ0) is 23.2. The van der Waals surface area contributed by atoms with Gasteiger partial charge in [0.25, 0.3) is 5.91 Å². The van der Waals surface area contributed by atoms with Crippen molar-refractivity contribution in [2.24, 2.45) is 0 Å². The van der Waals surface area contributed by atoms with Gasteiger partial charge in [0.2, 0.25) is 12.5 Å². The number of piperazine rings is 1. The highest BCUT2D eigenvalue weighted by Gasteiger charge is 2.22. The van der Waals surface area contributed by atoms with Gasteiger partial charge >= 0.3 is 6.09 Å². The van der Waals surface area contributed by atoms with E-state index in [1.54, 1.807) is 19.4 Å². The lowest BCUT2D eigenvalue weighted by Gasteiger charge is -2.34. The third-order valence-electron chi connectivity index (χ3n) is 5.36. The van der Waals surface area contributed by atoms with E-state index >= 15 is 0 Å². The molecule has 1 fully saturated rings. The summed E-state index contributed by atoms with van der Waals surface area (Å²) in [6.07, 6.45) is -0.703. The number of carbonyl (C=O) groups is 2. The summed E-state index contributed by atoms with van der Waals surface area (Å²) < 4.78 is 21.5. The van der Waals surface area contributed by atoms with Crippen LogP contribution in [-0.2, 0) is 11.3 Å². The van der Waals surface area contributed by atoms with Crippen LogP contribution >= 0.6 is 11.3 Å². The third kappa shape index (κ3) is 6.03. The molecule has 2 amide bonds. The van der Waals surface area contributed by atoms with Crippen molar-refractivity contribution in [2.45, 2.75) is 13.5 Å². The predicted octanol–water partition coefficient (Wildman–Crippen LogP) is 1.38. The van der Waals surface area contributed by atoms with Crippen molar-refractivity contribution in [2.75, 3.05) is 53.2 Å². The van der Waals surface area contributed by atoms with Crippen LogP contribution < -0.4 is 25.1 Å². The lowest BCUT2D eigenvalue weighted by molar-refractivity contribution is 0.0840. The van der Waals surface area contributed by atoms with E-state index in [1.807, 2.05) is 12.1 Å². The second-order valence-electron chi connectivity index (χ2n) is 7.62. The maximum absolute atomic E-state index is 11.9. The lowest BCUT2D eigenvalue weighted by Crippen LogP contribution is -2.47. The molecule has 11 nitrogen and oxygen atoms in total. The first-order valence-corrected chi connectivity index (χ1v) is 11.5. The van der Waals surface area contributed by atoms with E-state index in [0.717, 1.165) is 49.0 Å².